The summed E-state index contributed by atoms with van der Waals surface area (Å²) < 4.78 is 17.7. The molecule has 1 aromatic carbocycles. The molecule has 0 aliphatic rings. The zero-order valence-electron chi connectivity index (χ0n) is 12.9. The van der Waals surface area contributed by atoms with Crippen molar-refractivity contribution in [2.24, 2.45) is 0 Å². The smallest absolute Gasteiger partial charge is 0.306 e. The molecular weight excluding hydrogens is 319 g/mol. The molecule has 1 N–H and O–H groups in total. The lowest BCUT2D eigenvalue weighted by Crippen LogP contribution is -2.14. The number of hydrogen-bond acceptors (Lipinski definition) is 5. The van der Waals surface area contributed by atoms with E-state index in [9.17, 15) is 14.0 Å². The second-order valence-electron chi connectivity index (χ2n) is 4.78. The van der Waals surface area contributed by atoms with Crippen LogP contribution in [-0.2, 0) is 14.3 Å². The molecule has 5 nitrogen and oxygen atoms in total. The maximum Gasteiger partial charge on any atom is 0.306 e. The monoisotopic (exact) mass is 336 g/mol. The molecule has 7 heteroatoms. The summed E-state index contributed by atoms with van der Waals surface area (Å²) >= 11 is 1.33. The molecule has 1 aromatic heterocycles. The molecule has 0 spiro atoms. The van der Waals surface area contributed by atoms with Gasteiger partial charge in [-0.25, -0.2) is 9.37 Å². The molecule has 0 aliphatic heterocycles. The Bertz CT molecular complexity index is 698. The lowest BCUT2D eigenvalue weighted by atomic mass is 10.1. The van der Waals surface area contributed by atoms with Gasteiger partial charge >= 0.3 is 5.97 Å². The van der Waals surface area contributed by atoms with Gasteiger partial charge in [-0.05, 0) is 38.1 Å². The third-order valence-electron chi connectivity index (χ3n) is 3.02. The Balaban J connectivity index is 1.99. The van der Waals surface area contributed by atoms with Crippen molar-refractivity contribution in [2.45, 2.75) is 26.7 Å². The van der Waals surface area contributed by atoms with Crippen LogP contribution in [0.4, 0.5) is 9.52 Å². The number of aryl methyl sites for hydroxylation is 1. The highest BCUT2D eigenvalue weighted by molar-refractivity contribution is 7.16. The zero-order valence-corrected chi connectivity index (χ0v) is 13.7. The Morgan fingerprint density at radius 2 is 1.96 bits per heavy atom. The van der Waals surface area contributed by atoms with Gasteiger partial charge in [0.1, 0.15) is 5.82 Å². The molecule has 0 bridgehead atoms. The van der Waals surface area contributed by atoms with Crippen molar-refractivity contribution < 1.29 is 18.7 Å². The summed E-state index contributed by atoms with van der Waals surface area (Å²) in [6, 6.07) is 6.02. The van der Waals surface area contributed by atoms with E-state index >= 15 is 0 Å². The maximum atomic E-state index is 13.0. The lowest BCUT2D eigenvalue weighted by molar-refractivity contribution is -0.144. The van der Waals surface area contributed by atoms with Crippen molar-refractivity contribution in [3.05, 3.63) is 35.0 Å². The van der Waals surface area contributed by atoms with Gasteiger partial charge in [-0.15, -0.1) is 11.3 Å². The quantitative estimate of drug-likeness (QED) is 0.819. The average Bonchev–Trinajstić information content (AvgIpc) is 2.87. The number of halogens is 1. The molecule has 0 saturated heterocycles. The van der Waals surface area contributed by atoms with E-state index in [1.165, 1.54) is 23.5 Å². The summed E-state index contributed by atoms with van der Waals surface area (Å²) in [5.74, 6) is -1.00. The molecule has 0 unspecified atom stereocenters. The van der Waals surface area contributed by atoms with Gasteiger partial charge in [0.25, 0.3) is 0 Å². The standard InChI is InChI=1S/C16H17FN2O3S/c1-3-22-14(21)9-8-13(20)18-16-19-15(10(2)23-16)11-4-6-12(17)7-5-11/h4-7H,3,8-9H2,1-2H3,(H,18,19,20). The van der Waals surface area contributed by atoms with Crippen LogP contribution in [-0.4, -0.2) is 23.5 Å². The van der Waals surface area contributed by atoms with E-state index in [4.69, 9.17) is 4.74 Å². The van der Waals surface area contributed by atoms with Crippen LogP contribution < -0.4 is 5.32 Å². The van der Waals surface area contributed by atoms with Gasteiger partial charge < -0.3 is 10.1 Å². The van der Waals surface area contributed by atoms with Crippen LogP contribution in [0, 0.1) is 12.7 Å². The number of ether oxygens (including phenoxy) is 1. The third-order valence-corrected chi connectivity index (χ3v) is 3.91. The number of benzene rings is 1. The van der Waals surface area contributed by atoms with E-state index in [0.717, 1.165) is 10.4 Å². The molecule has 1 amide bonds. The number of anilines is 1. The van der Waals surface area contributed by atoms with Gasteiger partial charge in [-0.1, -0.05) is 0 Å². The number of carbonyl (C=O) groups excluding carboxylic acids is 2. The number of nitrogens with zero attached hydrogens (tertiary/aromatic N) is 1. The minimum Gasteiger partial charge on any atom is -0.466 e. The van der Waals surface area contributed by atoms with Gasteiger partial charge in [0, 0.05) is 16.9 Å². The minimum atomic E-state index is -0.398. The van der Waals surface area contributed by atoms with E-state index in [2.05, 4.69) is 10.3 Å². The normalized spacial score (nSPS) is 10.4. The van der Waals surface area contributed by atoms with Crippen LogP contribution in [0.25, 0.3) is 11.3 Å². The van der Waals surface area contributed by atoms with Crippen LogP contribution in [0.1, 0.15) is 24.6 Å². The van der Waals surface area contributed by atoms with Crippen molar-refractivity contribution in [3.8, 4) is 11.3 Å². The number of esters is 1. The number of thiazole rings is 1. The summed E-state index contributed by atoms with van der Waals surface area (Å²) in [6.07, 6.45) is 0.0815. The Labute approximate surface area is 137 Å². The molecule has 2 aromatic rings. The molecule has 0 saturated carbocycles. The van der Waals surface area contributed by atoms with Gasteiger partial charge in [-0.2, -0.15) is 0 Å². The molecule has 23 heavy (non-hydrogen) atoms. The van der Waals surface area contributed by atoms with Gasteiger partial charge in [0.2, 0.25) is 5.91 Å². The number of rotatable bonds is 6. The van der Waals surface area contributed by atoms with Crippen LogP contribution in [0.5, 0.6) is 0 Å². The second-order valence-corrected chi connectivity index (χ2v) is 5.99. The second kappa shape index (κ2) is 7.82. The van der Waals surface area contributed by atoms with Crippen molar-refractivity contribution >= 4 is 28.3 Å². The fourth-order valence-corrected chi connectivity index (χ4v) is 2.81. The summed E-state index contributed by atoms with van der Waals surface area (Å²) in [4.78, 5) is 28.3. The van der Waals surface area contributed by atoms with Crippen LogP contribution in [0.3, 0.4) is 0 Å². The number of hydrogen-bond donors (Lipinski definition) is 1. The van der Waals surface area contributed by atoms with E-state index in [1.807, 2.05) is 6.92 Å². The highest BCUT2D eigenvalue weighted by Gasteiger charge is 2.13. The first-order valence-corrected chi connectivity index (χ1v) is 8.00. The molecule has 0 radical (unpaired) electrons. The first-order chi connectivity index (χ1) is 11.0. The molecule has 0 aliphatic carbocycles. The fraction of sp³-hybridized carbons (Fsp3) is 0.312. The molecule has 2 rings (SSSR count). The number of nitrogens with one attached hydrogen (secondary N) is 1. The Hall–Kier alpha value is -2.28. The largest absolute Gasteiger partial charge is 0.466 e. The van der Waals surface area contributed by atoms with Crippen LogP contribution in [0.2, 0.25) is 0 Å². The predicted molar refractivity (Wildman–Crippen MR) is 86.7 cm³/mol. The summed E-state index contributed by atoms with van der Waals surface area (Å²) in [5.41, 5.74) is 1.49. The minimum absolute atomic E-state index is 0.0366. The third kappa shape index (κ3) is 4.85. The first kappa shape index (κ1) is 17.1. The van der Waals surface area contributed by atoms with Crippen LogP contribution in [0.15, 0.2) is 24.3 Å². The highest BCUT2D eigenvalue weighted by atomic mass is 32.1. The van der Waals surface area contributed by atoms with E-state index < -0.39 is 5.97 Å². The SMILES string of the molecule is CCOC(=O)CCC(=O)Nc1nc(-c2ccc(F)cc2)c(C)s1. The number of aromatic nitrogens is 1. The Morgan fingerprint density at radius 1 is 1.26 bits per heavy atom. The predicted octanol–water partition coefficient (Wildman–Crippen LogP) is 3.54. The van der Waals surface area contributed by atoms with Gasteiger partial charge in [-0.3, -0.25) is 9.59 Å². The topological polar surface area (TPSA) is 68.3 Å². The van der Waals surface area contributed by atoms with E-state index in [1.54, 1.807) is 19.1 Å². The van der Waals surface area contributed by atoms with Crippen molar-refractivity contribution in [2.75, 3.05) is 11.9 Å². The maximum absolute atomic E-state index is 13.0. The van der Waals surface area contributed by atoms with Gasteiger partial charge in [0.15, 0.2) is 5.13 Å². The lowest BCUT2D eigenvalue weighted by Gasteiger charge is -2.02. The Kier molecular flexibility index (Phi) is 5.81. The van der Waals surface area contributed by atoms with Crippen molar-refractivity contribution in [1.82, 2.24) is 4.98 Å². The first-order valence-electron chi connectivity index (χ1n) is 7.18. The summed E-state index contributed by atoms with van der Waals surface area (Å²) in [5, 5.41) is 3.12. The highest BCUT2D eigenvalue weighted by Crippen LogP contribution is 2.30. The number of carbonyl (C=O) groups is 2. The summed E-state index contributed by atoms with van der Waals surface area (Å²) in [7, 11) is 0. The molecule has 122 valence electrons. The van der Waals surface area contributed by atoms with E-state index in [0.29, 0.717) is 17.4 Å². The van der Waals surface area contributed by atoms with Crippen molar-refractivity contribution in [3.63, 3.8) is 0 Å². The zero-order chi connectivity index (χ0) is 16.8. The molecule has 0 fully saturated rings. The molecule has 0 atom stereocenters. The van der Waals surface area contributed by atoms with Gasteiger partial charge in [0.05, 0.1) is 18.7 Å². The van der Waals surface area contributed by atoms with Crippen molar-refractivity contribution in [1.29, 1.82) is 0 Å². The molecular formula is C16H17FN2O3S. The average molecular weight is 336 g/mol. The fourth-order valence-electron chi connectivity index (χ4n) is 1.96. The Morgan fingerprint density at radius 3 is 2.61 bits per heavy atom. The van der Waals surface area contributed by atoms with Crippen LogP contribution >= 0.6 is 11.3 Å². The number of amides is 1. The van der Waals surface area contributed by atoms with E-state index in [-0.39, 0.29) is 24.6 Å². The summed E-state index contributed by atoms with van der Waals surface area (Å²) in [6.45, 7) is 3.89. The molecule has 1 heterocycles.